The fourth-order valence-corrected chi connectivity index (χ4v) is 2.58. The van der Waals surface area contributed by atoms with Gasteiger partial charge in [-0.2, -0.15) is 5.26 Å². The zero-order valence-electron chi connectivity index (χ0n) is 10.3. The summed E-state index contributed by atoms with van der Waals surface area (Å²) in [4.78, 5) is 2.29. The van der Waals surface area contributed by atoms with Gasteiger partial charge in [-0.05, 0) is 36.5 Å². The van der Waals surface area contributed by atoms with E-state index in [4.69, 9.17) is 16.9 Å². The molecule has 2 nitrogen and oxygen atoms in total. The van der Waals surface area contributed by atoms with Crippen LogP contribution in [0, 0.1) is 23.2 Å². The molecule has 1 aromatic carbocycles. The van der Waals surface area contributed by atoms with Crippen LogP contribution in [0.2, 0.25) is 5.02 Å². The Morgan fingerprint density at radius 2 is 2.24 bits per heavy atom. The summed E-state index contributed by atoms with van der Waals surface area (Å²) in [6.45, 7) is 6.58. The SMILES string of the molecule is CC(C)C1CCN(c2cc(Cl)ccc2C#N)C1. The number of anilines is 1. The normalized spacial score (nSPS) is 19.7. The molecule has 0 aliphatic carbocycles. The predicted molar refractivity (Wildman–Crippen MR) is 71.3 cm³/mol. The molecule has 0 spiro atoms. The van der Waals surface area contributed by atoms with Crippen LogP contribution in [0.25, 0.3) is 0 Å². The second-order valence-corrected chi connectivity index (χ2v) is 5.45. The summed E-state index contributed by atoms with van der Waals surface area (Å²) >= 11 is 6.02. The minimum absolute atomic E-state index is 0.699. The fourth-order valence-electron chi connectivity index (χ4n) is 2.41. The lowest BCUT2D eigenvalue weighted by atomic mass is 9.95. The Morgan fingerprint density at radius 3 is 2.82 bits per heavy atom. The van der Waals surface area contributed by atoms with E-state index in [1.165, 1.54) is 6.42 Å². The average Bonchev–Trinajstić information content (AvgIpc) is 2.78. The summed E-state index contributed by atoms with van der Waals surface area (Å²) in [6.07, 6.45) is 1.20. The van der Waals surface area contributed by atoms with Crippen molar-refractivity contribution in [2.45, 2.75) is 20.3 Å². The van der Waals surface area contributed by atoms with Crippen molar-refractivity contribution in [3.63, 3.8) is 0 Å². The topological polar surface area (TPSA) is 27.0 Å². The van der Waals surface area contributed by atoms with Crippen LogP contribution < -0.4 is 4.90 Å². The molecule has 1 heterocycles. The minimum atomic E-state index is 0.699. The van der Waals surface area contributed by atoms with Crippen molar-refractivity contribution >= 4 is 17.3 Å². The molecule has 1 fully saturated rings. The van der Waals surface area contributed by atoms with E-state index < -0.39 is 0 Å². The first kappa shape index (κ1) is 12.3. The van der Waals surface area contributed by atoms with Crippen molar-refractivity contribution in [3.8, 4) is 6.07 Å². The van der Waals surface area contributed by atoms with Crippen molar-refractivity contribution < 1.29 is 0 Å². The maximum Gasteiger partial charge on any atom is 0.101 e. The molecule has 0 aromatic heterocycles. The van der Waals surface area contributed by atoms with Gasteiger partial charge < -0.3 is 4.90 Å². The van der Waals surface area contributed by atoms with Gasteiger partial charge in [0.1, 0.15) is 6.07 Å². The van der Waals surface area contributed by atoms with E-state index in [1.54, 1.807) is 12.1 Å². The van der Waals surface area contributed by atoms with Crippen LogP contribution in [0.1, 0.15) is 25.8 Å². The van der Waals surface area contributed by atoms with E-state index in [2.05, 4.69) is 24.8 Å². The molecule has 0 radical (unpaired) electrons. The van der Waals surface area contributed by atoms with E-state index in [9.17, 15) is 0 Å². The summed E-state index contributed by atoms with van der Waals surface area (Å²) in [5, 5.41) is 9.83. The van der Waals surface area contributed by atoms with Crippen molar-refractivity contribution in [1.29, 1.82) is 5.26 Å². The monoisotopic (exact) mass is 248 g/mol. The highest BCUT2D eigenvalue weighted by Crippen LogP contribution is 2.31. The summed E-state index contributed by atoms with van der Waals surface area (Å²) in [6, 6.07) is 7.73. The van der Waals surface area contributed by atoms with Crippen LogP contribution in [-0.2, 0) is 0 Å². The first-order chi connectivity index (χ1) is 8.11. The van der Waals surface area contributed by atoms with Crippen LogP contribution >= 0.6 is 11.6 Å². The van der Waals surface area contributed by atoms with Gasteiger partial charge in [0.2, 0.25) is 0 Å². The van der Waals surface area contributed by atoms with Gasteiger partial charge in [0.05, 0.1) is 11.3 Å². The third-order valence-corrected chi connectivity index (χ3v) is 3.82. The molecule has 0 bridgehead atoms. The molecule has 0 saturated carbocycles. The summed E-state index contributed by atoms with van der Waals surface area (Å²) in [5.74, 6) is 1.42. The molecular formula is C14H17ClN2. The Balaban J connectivity index is 2.24. The lowest BCUT2D eigenvalue weighted by molar-refractivity contribution is 0.423. The quantitative estimate of drug-likeness (QED) is 0.798. The minimum Gasteiger partial charge on any atom is -0.370 e. The molecule has 2 rings (SSSR count). The highest BCUT2D eigenvalue weighted by molar-refractivity contribution is 6.30. The van der Waals surface area contributed by atoms with Crippen LogP contribution in [-0.4, -0.2) is 13.1 Å². The summed E-state index contributed by atoms with van der Waals surface area (Å²) in [5.41, 5.74) is 1.71. The molecule has 1 aliphatic rings. The van der Waals surface area contributed by atoms with E-state index in [0.29, 0.717) is 10.9 Å². The second-order valence-electron chi connectivity index (χ2n) is 5.01. The van der Waals surface area contributed by atoms with E-state index in [1.807, 2.05) is 6.07 Å². The molecular weight excluding hydrogens is 232 g/mol. The zero-order chi connectivity index (χ0) is 12.4. The van der Waals surface area contributed by atoms with Gasteiger partial charge in [-0.15, -0.1) is 0 Å². The van der Waals surface area contributed by atoms with Crippen molar-refractivity contribution in [2.75, 3.05) is 18.0 Å². The van der Waals surface area contributed by atoms with Gasteiger partial charge in [-0.1, -0.05) is 25.4 Å². The molecule has 0 N–H and O–H groups in total. The van der Waals surface area contributed by atoms with Crippen LogP contribution in [0.3, 0.4) is 0 Å². The van der Waals surface area contributed by atoms with Gasteiger partial charge in [0.25, 0.3) is 0 Å². The number of rotatable bonds is 2. The zero-order valence-corrected chi connectivity index (χ0v) is 11.0. The molecule has 3 heteroatoms. The van der Waals surface area contributed by atoms with E-state index >= 15 is 0 Å². The van der Waals surface area contributed by atoms with E-state index in [-0.39, 0.29) is 0 Å². The van der Waals surface area contributed by atoms with Gasteiger partial charge in [0, 0.05) is 18.1 Å². The average molecular weight is 249 g/mol. The highest BCUT2D eigenvalue weighted by Gasteiger charge is 2.26. The van der Waals surface area contributed by atoms with Crippen molar-refractivity contribution in [3.05, 3.63) is 28.8 Å². The molecule has 1 saturated heterocycles. The second kappa shape index (κ2) is 4.98. The Bertz CT molecular complexity index is 448. The van der Waals surface area contributed by atoms with Crippen LogP contribution in [0.5, 0.6) is 0 Å². The van der Waals surface area contributed by atoms with Gasteiger partial charge >= 0.3 is 0 Å². The molecule has 90 valence electrons. The first-order valence-electron chi connectivity index (χ1n) is 6.06. The Morgan fingerprint density at radius 1 is 1.47 bits per heavy atom. The lowest BCUT2D eigenvalue weighted by Crippen LogP contribution is -2.22. The Kier molecular flexibility index (Phi) is 3.59. The Labute approximate surface area is 108 Å². The number of hydrogen-bond acceptors (Lipinski definition) is 2. The number of benzene rings is 1. The predicted octanol–water partition coefficient (Wildman–Crippen LogP) is 3.69. The van der Waals surface area contributed by atoms with Crippen molar-refractivity contribution in [1.82, 2.24) is 0 Å². The molecule has 1 aliphatic heterocycles. The Hall–Kier alpha value is -1.20. The molecule has 1 unspecified atom stereocenters. The molecule has 1 aromatic rings. The number of nitrogens with zero attached hydrogens (tertiary/aromatic N) is 2. The third kappa shape index (κ3) is 2.56. The smallest absolute Gasteiger partial charge is 0.101 e. The molecule has 17 heavy (non-hydrogen) atoms. The maximum atomic E-state index is 9.12. The van der Waals surface area contributed by atoms with Gasteiger partial charge in [0.15, 0.2) is 0 Å². The van der Waals surface area contributed by atoms with Gasteiger partial charge in [-0.3, -0.25) is 0 Å². The van der Waals surface area contributed by atoms with E-state index in [0.717, 1.165) is 30.3 Å². The molecule has 0 amide bonds. The van der Waals surface area contributed by atoms with Crippen LogP contribution in [0.15, 0.2) is 18.2 Å². The highest BCUT2D eigenvalue weighted by atomic mass is 35.5. The molecule has 1 atom stereocenters. The maximum absolute atomic E-state index is 9.12. The lowest BCUT2D eigenvalue weighted by Gasteiger charge is -2.21. The van der Waals surface area contributed by atoms with Crippen LogP contribution in [0.4, 0.5) is 5.69 Å². The van der Waals surface area contributed by atoms with Crippen molar-refractivity contribution in [2.24, 2.45) is 11.8 Å². The standard InChI is InChI=1S/C14H17ClN2/c1-10(2)12-5-6-17(9-12)14-7-13(15)4-3-11(14)8-16/h3-4,7,10,12H,5-6,9H2,1-2H3. The first-order valence-corrected chi connectivity index (χ1v) is 6.44. The number of hydrogen-bond donors (Lipinski definition) is 0. The summed E-state index contributed by atoms with van der Waals surface area (Å²) in [7, 11) is 0. The fraction of sp³-hybridized carbons (Fsp3) is 0.500. The summed E-state index contributed by atoms with van der Waals surface area (Å²) < 4.78 is 0. The number of halogens is 1. The largest absolute Gasteiger partial charge is 0.370 e. The number of nitriles is 1. The third-order valence-electron chi connectivity index (χ3n) is 3.59. The van der Waals surface area contributed by atoms with Gasteiger partial charge in [-0.25, -0.2) is 0 Å².